The van der Waals surface area contributed by atoms with Crippen LogP contribution in [0.5, 0.6) is 0 Å². The van der Waals surface area contributed by atoms with Crippen LogP contribution in [-0.4, -0.2) is 36.8 Å². The second-order valence-electron chi connectivity index (χ2n) is 6.09. The number of hydrogen-bond acceptors (Lipinski definition) is 5. The van der Waals surface area contributed by atoms with Crippen LogP contribution in [0.25, 0.3) is 0 Å². The van der Waals surface area contributed by atoms with Crippen molar-refractivity contribution < 1.29 is 13.3 Å². The third kappa shape index (κ3) is 4.03. The largest absolute Gasteiger partial charge is 0.327 e. The molecule has 0 amide bonds. The first-order chi connectivity index (χ1) is 10.1. The molecule has 2 N–H and O–H groups in total. The molecular weight excluding hydrogens is 410 g/mol. The second-order valence-corrected chi connectivity index (χ2v) is 8.91. The van der Waals surface area contributed by atoms with Gasteiger partial charge in [-0.15, -0.1) is 12.4 Å². The Morgan fingerprint density at radius 3 is 2.57 bits per heavy atom. The van der Waals surface area contributed by atoms with Crippen molar-refractivity contribution in [1.29, 1.82) is 0 Å². The van der Waals surface area contributed by atoms with Gasteiger partial charge in [-0.25, -0.2) is 8.42 Å². The molecular formula is C13H19BrClN3O4S. The van der Waals surface area contributed by atoms with Crippen LogP contribution in [-0.2, 0) is 10.0 Å². The van der Waals surface area contributed by atoms with Crippen LogP contribution in [0.2, 0.25) is 0 Å². The predicted molar refractivity (Wildman–Crippen MR) is 93.2 cm³/mol. The molecule has 1 aliphatic heterocycles. The lowest BCUT2D eigenvalue weighted by Crippen LogP contribution is -2.53. The summed E-state index contributed by atoms with van der Waals surface area (Å²) in [6, 6.07) is 3.85. The Morgan fingerprint density at radius 1 is 1.43 bits per heavy atom. The van der Waals surface area contributed by atoms with Gasteiger partial charge in [0, 0.05) is 29.7 Å². The molecule has 10 heteroatoms. The van der Waals surface area contributed by atoms with E-state index in [2.05, 4.69) is 15.9 Å². The van der Waals surface area contributed by atoms with Crippen LogP contribution in [0.1, 0.15) is 20.3 Å². The van der Waals surface area contributed by atoms with E-state index in [1.54, 1.807) is 0 Å². The van der Waals surface area contributed by atoms with Crippen molar-refractivity contribution in [3.63, 3.8) is 0 Å². The monoisotopic (exact) mass is 427 g/mol. The van der Waals surface area contributed by atoms with Gasteiger partial charge >= 0.3 is 0 Å². The number of sulfonamides is 1. The lowest BCUT2D eigenvalue weighted by atomic mass is 9.81. The Bertz CT molecular complexity index is 711. The number of nitro benzene ring substituents is 1. The summed E-state index contributed by atoms with van der Waals surface area (Å²) in [7, 11) is -3.93. The van der Waals surface area contributed by atoms with E-state index in [9.17, 15) is 18.5 Å². The minimum absolute atomic E-state index is 0. The van der Waals surface area contributed by atoms with E-state index in [4.69, 9.17) is 5.73 Å². The summed E-state index contributed by atoms with van der Waals surface area (Å²) < 4.78 is 27.3. The minimum atomic E-state index is -3.93. The molecule has 1 atom stereocenters. The molecule has 0 radical (unpaired) electrons. The zero-order valence-corrected chi connectivity index (χ0v) is 15.9. The Kier molecular flexibility index (Phi) is 6.20. The van der Waals surface area contributed by atoms with Crippen LogP contribution in [0.3, 0.4) is 0 Å². The summed E-state index contributed by atoms with van der Waals surface area (Å²) in [6.07, 6.45) is 0.524. The number of hydrogen-bond donors (Lipinski definition) is 1. The maximum atomic E-state index is 12.8. The van der Waals surface area contributed by atoms with Crippen molar-refractivity contribution in [2.24, 2.45) is 11.1 Å². The highest BCUT2D eigenvalue weighted by atomic mass is 79.9. The number of benzene rings is 1. The molecule has 0 spiro atoms. The molecule has 0 saturated carbocycles. The average molecular weight is 429 g/mol. The molecule has 0 bridgehead atoms. The molecule has 1 fully saturated rings. The maximum Gasteiger partial charge on any atom is 0.290 e. The first-order valence-electron chi connectivity index (χ1n) is 6.75. The third-order valence-corrected chi connectivity index (χ3v) is 6.40. The molecule has 23 heavy (non-hydrogen) atoms. The molecule has 130 valence electrons. The lowest BCUT2D eigenvalue weighted by Gasteiger charge is -2.41. The molecule has 1 heterocycles. The van der Waals surface area contributed by atoms with Crippen molar-refractivity contribution in [1.82, 2.24) is 4.31 Å². The van der Waals surface area contributed by atoms with Gasteiger partial charge in [-0.3, -0.25) is 10.1 Å². The molecule has 1 aromatic rings. The van der Waals surface area contributed by atoms with E-state index in [-0.39, 0.29) is 41.8 Å². The molecule has 2 rings (SSSR count). The van der Waals surface area contributed by atoms with Gasteiger partial charge in [0.15, 0.2) is 4.90 Å². The molecule has 1 aliphatic rings. The van der Waals surface area contributed by atoms with Crippen LogP contribution in [0.4, 0.5) is 5.69 Å². The van der Waals surface area contributed by atoms with Crippen molar-refractivity contribution in [3.8, 4) is 0 Å². The van der Waals surface area contributed by atoms with E-state index in [1.165, 1.54) is 22.5 Å². The molecule has 0 aromatic heterocycles. The highest BCUT2D eigenvalue weighted by Crippen LogP contribution is 2.34. The number of nitro groups is 1. The molecule has 0 aliphatic carbocycles. The fourth-order valence-electron chi connectivity index (χ4n) is 2.52. The molecule has 7 nitrogen and oxygen atoms in total. The minimum Gasteiger partial charge on any atom is -0.327 e. The summed E-state index contributed by atoms with van der Waals surface area (Å²) in [6.45, 7) is 4.30. The number of nitrogens with zero attached hydrogens (tertiary/aromatic N) is 2. The number of nitrogens with two attached hydrogens (primary N) is 1. The SMILES string of the molecule is CC1(C)CN(S(=O)(=O)c2ccc(Br)cc2[N+](=O)[O-])CCC1N.Cl. The quantitative estimate of drug-likeness (QED) is 0.588. The summed E-state index contributed by atoms with van der Waals surface area (Å²) in [5, 5.41) is 11.2. The van der Waals surface area contributed by atoms with E-state index in [0.717, 1.165) is 0 Å². The average Bonchev–Trinajstić information content (AvgIpc) is 2.41. The predicted octanol–water partition coefficient (Wildman–Crippen LogP) is 2.53. The van der Waals surface area contributed by atoms with E-state index in [1.807, 2.05) is 13.8 Å². The lowest BCUT2D eigenvalue weighted by molar-refractivity contribution is -0.387. The van der Waals surface area contributed by atoms with Crippen molar-refractivity contribution in [3.05, 3.63) is 32.8 Å². The van der Waals surface area contributed by atoms with Gasteiger partial charge in [0.1, 0.15) is 0 Å². The van der Waals surface area contributed by atoms with E-state index in [0.29, 0.717) is 10.9 Å². The van der Waals surface area contributed by atoms with Gasteiger partial charge in [-0.2, -0.15) is 4.31 Å². The summed E-state index contributed by atoms with van der Waals surface area (Å²) >= 11 is 3.12. The zero-order chi connectivity index (χ0) is 16.7. The van der Waals surface area contributed by atoms with Gasteiger partial charge in [0.2, 0.25) is 10.0 Å². The normalized spacial score (nSPS) is 21.5. The Morgan fingerprint density at radius 2 is 2.04 bits per heavy atom. The van der Waals surface area contributed by atoms with Gasteiger partial charge in [-0.1, -0.05) is 29.8 Å². The van der Waals surface area contributed by atoms with Gasteiger partial charge in [0.05, 0.1) is 4.92 Å². The first-order valence-corrected chi connectivity index (χ1v) is 8.99. The number of halogens is 2. The topological polar surface area (TPSA) is 107 Å². The van der Waals surface area contributed by atoms with E-state index < -0.39 is 20.6 Å². The smallest absolute Gasteiger partial charge is 0.290 e. The Balaban J connectivity index is 0.00000264. The third-order valence-electron chi connectivity index (χ3n) is 4.01. The van der Waals surface area contributed by atoms with Crippen LogP contribution in [0, 0.1) is 15.5 Å². The van der Waals surface area contributed by atoms with Gasteiger partial charge in [-0.05, 0) is 24.0 Å². The number of piperidine rings is 1. The Hall–Kier alpha value is -0.740. The summed E-state index contributed by atoms with van der Waals surface area (Å²) in [4.78, 5) is 10.2. The summed E-state index contributed by atoms with van der Waals surface area (Å²) in [5.74, 6) is 0. The molecule has 1 unspecified atom stereocenters. The van der Waals surface area contributed by atoms with Gasteiger partial charge in [0.25, 0.3) is 5.69 Å². The fraction of sp³-hybridized carbons (Fsp3) is 0.538. The standard InChI is InChI=1S/C13H18BrN3O4S.ClH/c1-13(2)8-16(6-5-12(13)15)22(20,21)11-4-3-9(14)7-10(11)17(18)19;/h3-4,7,12H,5-6,8,15H2,1-2H3;1H. The van der Waals surface area contributed by atoms with Crippen LogP contribution in [0.15, 0.2) is 27.6 Å². The van der Waals surface area contributed by atoms with Crippen molar-refractivity contribution >= 4 is 44.0 Å². The second kappa shape index (κ2) is 7.02. The van der Waals surface area contributed by atoms with Crippen LogP contribution >= 0.6 is 28.3 Å². The first kappa shape index (κ1) is 20.3. The summed E-state index contributed by atoms with van der Waals surface area (Å²) in [5.41, 5.74) is 5.21. The highest BCUT2D eigenvalue weighted by Gasteiger charge is 2.40. The zero-order valence-electron chi connectivity index (χ0n) is 12.7. The number of rotatable bonds is 3. The van der Waals surface area contributed by atoms with Gasteiger partial charge < -0.3 is 5.73 Å². The van der Waals surface area contributed by atoms with E-state index >= 15 is 0 Å². The highest BCUT2D eigenvalue weighted by molar-refractivity contribution is 9.10. The fourth-order valence-corrected chi connectivity index (χ4v) is 4.63. The Labute approximate surface area is 150 Å². The molecule has 1 aromatic carbocycles. The molecule has 1 saturated heterocycles. The van der Waals surface area contributed by atoms with Crippen molar-refractivity contribution in [2.45, 2.75) is 31.2 Å². The van der Waals surface area contributed by atoms with Crippen molar-refractivity contribution in [2.75, 3.05) is 13.1 Å². The maximum absolute atomic E-state index is 12.8. The van der Waals surface area contributed by atoms with Crippen LogP contribution < -0.4 is 5.73 Å².